The van der Waals surface area contributed by atoms with Crippen LogP contribution < -0.4 is 0 Å². The summed E-state index contributed by atoms with van der Waals surface area (Å²) >= 11 is 4.61. The molecule has 0 spiro atoms. The topological polar surface area (TPSA) is 78.9 Å². The van der Waals surface area contributed by atoms with E-state index in [0.717, 1.165) is 38.5 Å². The Hall–Kier alpha value is -0.110. The molecule has 3 atom stereocenters. The second kappa shape index (κ2) is 59.5. The van der Waals surface area contributed by atoms with Crippen molar-refractivity contribution in [2.75, 3.05) is 19.8 Å². The first-order chi connectivity index (χ1) is 35.8. The Bertz CT molecular complexity index is 1030. The third-order valence-electron chi connectivity index (χ3n) is 14.5. The van der Waals surface area contributed by atoms with Gasteiger partial charge in [-0.05, 0) is 40.0 Å². The van der Waals surface area contributed by atoms with Gasteiger partial charge in [0.15, 0.2) is 0 Å². The molecule has 0 aromatic rings. The van der Waals surface area contributed by atoms with E-state index in [4.69, 9.17) is 14.2 Å². The maximum absolute atomic E-state index is 13.2. The van der Waals surface area contributed by atoms with E-state index in [9.17, 15) is 14.4 Å². The zero-order chi connectivity index (χ0) is 53.3. The van der Waals surface area contributed by atoms with Gasteiger partial charge in [0.25, 0.3) is 0 Å². The number of hydrogen-bond donors (Lipinski definition) is 0. The maximum atomic E-state index is 13.2. The average Bonchev–Trinajstić information content (AvgIpc) is 3.38. The molecule has 0 fully saturated rings. The number of ether oxygens (including phenoxy) is 3. The number of rotatable bonds is 60. The molecular weight excluding hydrogens is 980 g/mol. The van der Waals surface area contributed by atoms with Crippen molar-refractivity contribution >= 4 is 57.6 Å². The van der Waals surface area contributed by atoms with Gasteiger partial charge in [0.1, 0.15) is 15.7 Å². The van der Waals surface area contributed by atoms with Crippen LogP contribution in [0.15, 0.2) is 0 Å². The largest absolute Gasteiger partial charge is 0.465 e. The van der Waals surface area contributed by atoms with Crippen molar-refractivity contribution < 1.29 is 28.6 Å². The highest BCUT2D eigenvalue weighted by atomic mass is 33.4. The van der Waals surface area contributed by atoms with Gasteiger partial charge in [0, 0.05) is 0 Å². The quantitative estimate of drug-likeness (QED) is 0.0256. The third-order valence-corrected chi connectivity index (χ3v) is 25.5. The third kappa shape index (κ3) is 53.7. The van der Waals surface area contributed by atoms with E-state index in [0.29, 0.717) is 19.8 Å². The van der Waals surface area contributed by atoms with Crippen LogP contribution in [0.25, 0.3) is 0 Å². The van der Waals surface area contributed by atoms with E-state index in [2.05, 4.69) is 20.8 Å². The van der Waals surface area contributed by atoms with Gasteiger partial charge in [-0.25, -0.2) is 0 Å². The highest BCUT2D eigenvalue weighted by molar-refractivity contribution is 9.12. The summed E-state index contributed by atoms with van der Waals surface area (Å²) in [5.41, 5.74) is -1.05. The molecule has 0 aromatic heterocycles. The van der Waals surface area contributed by atoms with Gasteiger partial charge in [0.2, 0.25) is 0 Å². The van der Waals surface area contributed by atoms with Gasteiger partial charge in [-0.2, -0.15) is 0 Å². The Morgan fingerprint density at radius 3 is 0.548 bits per heavy atom. The van der Waals surface area contributed by atoms with Crippen molar-refractivity contribution in [3.05, 3.63) is 0 Å². The van der Waals surface area contributed by atoms with Crippen LogP contribution in [0.2, 0.25) is 0 Å². The van der Waals surface area contributed by atoms with Crippen LogP contribution in [-0.2, 0) is 28.6 Å². The van der Waals surface area contributed by atoms with Gasteiger partial charge in [-0.3, -0.25) is 14.4 Å². The molecular formula is C63H123O6PS3. The Kier molecular flexibility index (Phi) is 59.5. The molecule has 0 aromatic carbocycles. The first kappa shape index (κ1) is 72.9. The van der Waals surface area contributed by atoms with Crippen molar-refractivity contribution in [3.63, 3.8) is 0 Å². The van der Waals surface area contributed by atoms with Gasteiger partial charge >= 0.3 is 17.9 Å². The van der Waals surface area contributed by atoms with Crippen molar-refractivity contribution in [2.45, 2.75) is 365 Å². The van der Waals surface area contributed by atoms with Gasteiger partial charge in [0.05, 0.1) is 25.3 Å². The number of esters is 3. The Labute approximate surface area is 468 Å². The lowest BCUT2D eigenvalue weighted by atomic mass is 10.0. The zero-order valence-corrected chi connectivity index (χ0v) is 52.8. The Balaban J connectivity index is 4.60. The summed E-state index contributed by atoms with van der Waals surface area (Å²) in [6, 6.07) is 0. The summed E-state index contributed by atoms with van der Waals surface area (Å²) in [5.74, 6) is -0.633. The molecule has 0 amide bonds. The van der Waals surface area contributed by atoms with Gasteiger partial charge in [-0.15, -0.1) is 0 Å². The predicted octanol–water partition coefficient (Wildman–Crippen LogP) is 23.0. The second-order valence-corrected chi connectivity index (χ2v) is 32.3. The zero-order valence-electron chi connectivity index (χ0n) is 49.4. The fourth-order valence-corrected chi connectivity index (χ4v) is 22.7. The van der Waals surface area contributed by atoms with Gasteiger partial charge < -0.3 is 14.2 Å². The van der Waals surface area contributed by atoms with E-state index < -0.39 is 21.3 Å². The monoisotopic (exact) mass is 1100 g/mol. The first-order valence-electron chi connectivity index (χ1n) is 32.1. The molecule has 73 heavy (non-hydrogen) atoms. The fraction of sp³-hybridized carbons (Fsp3) is 0.952. The van der Waals surface area contributed by atoms with Crippen LogP contribution in [0, 0.1) is 0 Å². The van der Waals surface area contributed by atoms with Crippen LogP contribution in [0.3, 0.4) is 0 Å². The van der Waals surface area contributed by atoms with Crippen molar-refractivity contribution in [1.82, 2.24) is 0 Å². The van der Waals surface area contributed by atoms with E-state index in [1.165, 1.54) is 304 Å². The molecule has 0 aliphatic heterocycles. The molecule has 434 valence electrons. The van der Waals surface area contributed by atoms with Crippen LogP contribution in [0.1, 0.15) is 350 Å². The molecule has 0 aliphatic rings. The molecule has 0 saturated carbocycles. The summed E-state index contributed by atoms with van der Waals surface area (Å²) in [6.07, 6.45) is 63.0. The normalized spacial score (nSPS) is 13.2. The summed E-state index contributed by atoms with van der Waals surface area (Å²) in [4.78, 5) is 39.6. The minimum atomic E-state index is -1.05. The van der Waals surface area contributed by atoms with Crippen LogP contribution >= 0.6 is 39.7 Å². The van der Waals surface area contributed by atoms with Crippen molar-refractivity contribution in [1.29, 1.82) is 0 Å². The smallest absolute Gasteiger partial charge is 0.319 e. The highest BCUT2D eigenvalue weighted by Gasteiger charge is 2.30. The summed E-state index contributed by atoms with van der Waals surface area (Å²) in [6.45, 7) is 13.9. The second-order valence-electron chi connectivity index (χ2n) is 21.9. The standard InChI is InChI=1S/C63H123O6PS3/c1-7-10-13-16-19-22-25-28-31-34-37-40-43-46-49-52-55-67-61(64)58(4)71-70(72-59(5)62(65)68-56-53-50-47-44-41-38-35-32-29-26-23-20-17-14-11-8-2)73-60(6)63(66)69-57-54-51-48-45-42-39-36-33-30-27-24-21-18-15-12-9-3/h58-60H,7-57H2,1-6H3. The lowest BCUT2D eigenvalue weighted by molar-refractivity contribution is -0.143. The summed E-state index contributed by atoms with van der Waals surface area (Å²) in [7, 11) is 0. The minimum Gasteiger partial charge on any atom is -0.465 e. The lowest BCUT2D eigenvalue weighted by Gasteiger charge is -2.23. The van der Waals surface area contributed by atoms with Crippen LogP contribution in [0.5, 0.6) is 0 Å². The number of carbonyl (C=O) groups is 3. The SMILES string of the molecule is CCCCCCCCCCCCCCCCCCOC(=O)C(C)SP(SC(C)C(=O)OCCCCCCCCCCCCCCCCCC)SC(C)C(=O)OCCCCCCCCCCCCCCCCCC. The Morgan fingerprint density at radius 2 is 0.397 bits per heavy atom. The molecule has 0 heterocycles. The maximum Gasteiger partial charge on any atom is 0.319 e. The van der Waals surface area contributed by atoms with E-state index in [1.807, 2.05) is 20.8 Å². The molecule has 10 heteroatoms. The molecule has 0 radical (unpaired) electrons. The number of unbranched alkanes of at least 4 members (excludes halogenated alkanes) is 45. The van der Waals surface area contributed by atoms with E-state index in [1.54, 1.807) is 0 Å². The molecule has 0 saturated heterocycles. The summed E-state index contributed by atoms with van der Waals surface area (Å²) in [5, 5.41) is -1.18. The van der Waals surface area contributed by atoms with Gasteiger partial charge in [-0.1, -0.05) is 344 Å². The fourth-order valence-electron chi connectivity index (χ4n) is 9.41. The molecule has 3 unspecified atom stereocenters. The van der Waals surface area contributed by atoms with Crippen molar-refractivity contribution in [3.8, 4) is 0 Å². The molecule has 0 rings (SSSR count). The molecule has 0 aliphatic carbocycles. The lowest BCUT2D eigenvalue weighted by Crippen LogP contribution is -2.20. The first-order valence-corrected chi connectivity index (χ1v) is 37.9. The molecule has 0 bridgehead atoms. The molecule has 6 nitrogen and oxygen atoms in total. The van der Waals surface area contributed by atoms with E-state index in [-0.39, 0.29) is 17.9 Å². The van der Waals surface area contributed by atoms with Crippen LogP contribution in [-0.4, -0.2) is 53.5 Å². The predicted molar refractivity (Wildman–Crippen MR) is 330 cm³/mol. The minimum absolute atomic E-state index is 0.211. The molecule has 0 N–H and O–H groups in total. The summed E-state index contributed by atoms with van der Waals surface area (Å²) < 4.78 is 17.3. The number of carbonyl (C=O) groups excluding carboxylic acids is 3. The average molecular weight is 1100 g/mol. The van der Waals surface area contributed by atoms with E-state index >= 15 is 0 Å². The van der Waals surface area contributed by atoms with Crippen molar-refractivity contribution in [2.24, 2.45) is 0 Å². The number of hydrogen-bond acceptors (Lipinski definition) is 9. The Morgan fingerprint density at radius 1 is 0.260 bits per heavy atom. The highest BCUT2D eigenvalue weighted by Crippen LogP contribution is 2.73. The van der Waals surface area contributed by atoms with Crippen LogP contribution in [0.4, 0.5) is 0 Å².